The van der Waals surface area contributed by atoms with Gasteiger partial charge in [-0.2, -0.15) is 0 Å². The number of ether oxygens (including phenoxy) is 2. The van der Waals surface area contributed by atoms with Gasteiger partial charge in [-0.1, -0.05) is 30.3 Å². The lowest BCUT2D eigenvalue weighted by molar-refractivity contribution is -0.164. The summed E-state index contributed by atoms with van der Waals surface area (Å²) in [7, 11) is 0. The van der Waals surface area contributed by atoms with E-state index in [0.29, 0.717) is 6.42 Å². The molecular weight excluding hydrogens is 352 g/mol. The Hall–Kier alpha value is -2.82. The maximum absolute atomic E-state index is 12.6. The van der Waals surface area contributed by atoms with Gasteiger partial charge in [0.2, 0.25) is 0 Å². The molecule has 2 aromatic heterocycles. The minimum absolute atomic E-state index is 0.223. The van der Waals surface area contributed by atoms with Gasteiger partial charge in [0, 0.05) is 23.9 Å². The average Bonchev–Trinajstić information content (AvgIpc) is 2.95. The summed E-state index contributed by atoms with van der Waals surface area (Å²) in [6.07, 6.45) is 1.85. The van der Waals surface area contributed by atoms with Crippen molar-refractivity contribution in [1.82, 2.24) is 9.38 Å². The molecule has 0 bridgehead atoms. The van der Waals surface area contributed by atoms with Gasteiger partial charge in [-0.25, -0.2) is 4.98 Å². The van der Waals surface area contributed by atoms with Crippen molar-refractivity contribution >= 4 is 11.6 Å². The molecule has 1 aromatic carbocycles. The highest BCUT2D eigenvalue weighted by molar-refractivity contribution is 5.75. The molecule has 0 N–H and O–H groups in total. The number of esters is 1. The van der Waals surface area contributed by atoms with Gasteiger partial charge in [0.05, 0.1) is 11.1 Å². The van der Waals surface area contributed by atoms with Crippen molar-refractivity contribution in [2.75, 3.05) is 0 Å². The normalized spacial score (nSPS) is 19.2. The first kappa shape index (κ1) is 18.5. The van der Waals surface area contributed by atoms with E-state index in [1.165, 1.54) is 0 Å². The molecule has 0 aliphatic carbocycles. The minimum atomic E-state index is -0.567. The minimum Gasteiger partial charge on any atom is -0.478 e. The van der Waals surface area contributed by atoms with Crippen LogP contribution in [-0.2, 0) is 16.0 Å². The highest BCUT2D eigenvalue weighted by atomic mass is 16.6. The van der Waals surface area contributed by atoms with Crippen LogP contribution in [0.15, 0.2) is 42.6 Å². The summed E-state index contributed by atoms with van der Waals surface area (Å²) >= 11 is 0. The number of imidazole rings is 1. The number of rotatable bonds is 2. The summed E-state index contributed by atoms with van der Waals surface area (Å²) in [5, 5.41) is 0. The van der Waals surface area contributed by atoms with Gasteiger partial charge in [-0.3, -0.25) is 4.79 Å². The summed E-state index contributed by atoms with van der Waals surface area (Å²) in [4.78, 5) is 17.3. The first-order valence-corrected chi connectivity index (χ1v) is 9.65. The van der Waals surface area contributed by atoms with Crippen molar-refractivity contribution in [1.29, 1.82) is 0 Å². The molecule has 5 nitrogen and oxygen atoms in total. The molecule has 0 spiro atoms. The Morgan fingerprint density at radius 2 is 1.89 bits per heavy atom. The van der Waals surface area contributed by atoms with E-state index in [1.807, 2.05) is 77.2 Å². The predicted molar refractivity (Wildman–Crippen MR) is 108 cm³/mol. The van der Waals surface area contributed by atoms with Crippen molar-refractivity contribution in [3.8, 4) is 5.75 Å². The van der Waals surface area contributed by atoms with Crippen LogP contribution in [0.1, 0.15) is 49.4 Å². The molecule has 4 rings (SSSR count). The molecule has 0 fully saturated rings. The molecule has 1 aliphatic heterocycles. The fraction of sp³-hybridized carbons (Fsp3) is 0.391. The second-order valence-electron chi connectivity index (χ2n) is 8.49. The van der Waals surface area contributed by atoms with E-state index in [0.717, 1.165) is 33.9 Å². The Balaban J connectivity index is 1.79. The standard InChI is InChI=1S/C23H26N2O3/c1-14-15(2)25-12-11-17-13-18(27-22(26)23(3,4)5)19(16-9-7-6-8-10-16)28-20(17)21(25)24-14/h6-12,18-19H,13H2,1-5H3. The lowest BCUT2D eigenvalue weighted by Crippen LogP contribution is -2.38. The van der Waals surface area contributed by atoms with Crippen LogP contribution in [0, 0.1) is 19.3 Å². The Morgan fingerprint density at radius 1 is 1.18 bits per heavy atom. The van der Waals surface area contributed by atoms with Crippen LogP contribution in [0.5, 0.6) is 5.75 Å². The molecule has 1 aliphatic rings. The second-order valence-corrected chi connectivity index (χ2v) is 8.49. The zero-order valence-corrected chi connectivity index (χ0v) is 17.0. The number of benzene rings is 1. The highest BCUT2D eigenvalue weighted by Crippen LogP contribution is 2.40. The fourth-order valence-corrected chi connectivity index (χ4v) is 3.51. The summed E-state index contributed by atoms with van der Waals surface area (Å²) < 4.78 is 14.4. The average molecular weight is 378 g/mol. The Bertz CT molecular complexity index is 1030. The van der Waals surface area contributed by atoms with Gasteiger partial charge < -0.3 is 13.9 Å². The van der Waals surface area contributed by atoms with E-state index in [-0.39, 0.29) is 18.2 Å². The van der Waals surface area contributed by atoms with Gasteiger partial charge >= 0.3 is 5.97 Å². The third-order valence-electron chi connectivity index (χ3n) is 5.31. The van der Waals surface area contributed by atoms with Crippen LogP contribution < -0.4 is 4.74 Å². The summed E-state index contributed by atoms with van der Waals surface area (Å²) in [6, 6.07) is 12.0. The van der Waals surface area contributed by atoms with E-state index in [4.69, 9.17) is 14.5 Å². The number of aromatic nitrogens is 2. The summed E-state index contributed by atoms with van der Waals surface area (Å²) in [6.45, 7) is 9.64. The van der Waals surface area contributed by atoms with Gasteiger partial charge in [0.1, 0.15) is 6.10 Å². The van der Waals surface area contributed by atoms with Crippen molar-refractivity contribution in [3.63, 3.8) is 0 Å². The van der Waals surface area contributed by atoms with E-state index < -0.39 is 5.41 Å². The van der Waals surface area contributed by atoms with Crippen LogP contribution in [0.4, 0.5) is 0 Å². The zero-order valence-electron chi connectivity index (χ0n) is 17.0. The third-order valence-corrected chi connectivity index (χ3v) is 5.31. The molecule has 2 unspecified atom stereocenters. The summed E-state index contributed by atoms with van der Waals surface area (Å²) in [5.41, 5.74) is 4.32. The number of pyridine rings is 1. The Labute approximate surface area is 165 Å². The molecule has 0 saturated heterocycles. The Kier molecular flexibility index (Phi) is 4.41. The van der Waals surface area contributed by atoms with Gasteiger partial charge in [0.15, 0.2) is 17.5 Å². The summed E-state index contributed by atoms with van der Waals surface area (Å²) in [5.74, 6) is 0.551. The number of aryl methyl sites for hydroxylation is 2. The SMILES string of the molecule is Cc1nc2c3c(ccn2c1C)CC(OC(=O)C(C)(C)C)C(c1ccccc1)O3. The molecule has 2 atom stereocenters. The monoisotopic (exact) mass is 378 g/mol. The van der Waals surface area contributed by atoms with Crippen molar-refractivity contribution in [2.45, 2.75) is 53.2 Å². The molecule has 0 saturated carbocycles. The first-order chi connectivity index (χ1) is 13.3. The molecule has 146 valence electrons. The van der Waals surface area contributed by atoms with Crippen molar-refractivity contribution < 1.29 is 14.3 Å². The number of hydrogen-bond acceptors (Lipinski definition) is 4. The number of nitrogens with zero attached hydrogens (tertiary/aromatic N) is 2. The van der Waals surface area contributed by atoms with Crippen molar-refractivity contribution in [3.05, 3.63) is 65.1 Å². The third kappa shape index (κ3) is 3.15. The van der Waals surface area contributed by atoms with Gasteiger partial charge in [-0.05, 0) is 46.2 Å². The van der Waals surface area contributed by atoms with Crippen molar-refractivity contribution in [2.24, 2.45) is 5.41 Å². The molecule has 3 heterocycles. The lowest BCUT2D eigenvalue weighted by atomic mass is 9.93. The lowest BCUT2D eigenvalue weighted by Gasteiger charge is -2.35. The molecular formula is C23H26N2O3. The molecule has 28 heavy (non-hydrogen) atoms. The topological polar surface area (TPSA) is 52.8 Å². The van der Waals surface area contributed by atoms with E-state index in [1.54, 1.807) is 0 Å². The maximum Gasteiger partial charge on any atom is 0.311 e. The largest absolute Gasteiger partial charge is 0.478 e. The van der Waals surface area contributed by atoms with E-state index in [2.05, 4.69) is 4.40 Å². The van der Waals surface area contributed by atoms with Crippen LogP contribution in [0.3, 0.4) is 0 Å². The maximum atomic E-state index is 12.6. The fourth-order valence-electron chi connectivity index (χ4n) is 3.51. The van der Waals surface area contributed by atoms with Gasteiger partial charge in [0.25, 0.3) is 0 Å². The van der Waals surface area contributed by atoms with Crippen LogP contribution in [0.25, 0.3) is 5.65 Å². The molecule has 0 amide bonds. The zero-order chi connectivity index (χ0) is 20.1. The second kappa shape index (κ2) is 6.66. The van der Waals surface area contributed by atoms with Crippen LogP contribution >= 0.6 is 0 Å². The number of fused-ring (bicyclic) bond motifs is 3. The highest BCUT2D eigenvalue weighted by Gasteiger charge is 2.38. The number of hydrogen-bond donors (Lipinski definition) is 0. The van der Waals surface area contributed by atoms with E-state index in [9.17, 15) is 4.79 Å². The number of carbonyl (C=O) groups excluding carboxylic acids is 1. The first-order valence-electron chi connectivity index (χ1n) is 9.65. The van der Waals surface area contributed by atoms with E-state index >= 15 is 0 Å². The quantitative estimate of drug-likeness (QED) is 0.612. The molecule has 3 aromatic rings. The smallest absolute Gasteiger partial charge is 0.311 e. The number of carbonyl (C=O) groups is 1. The van der Waals surface area contributed by atoms with Gasteiger partial charge in [-0.15, -0.1) is 0 Å². The van der Waals surface area contributed by atoms with Crippen LogP contribution in [0.2, 0.25) is 0 Å². The van der Waals surface area contributed by atoms with Crippen LogP contribution in [-0.4, -0.2) is 21.5 Å². The molecule has 0 radical (unpaired) electrons. The predicted octanol–water partition coefficient (Wildman–Crippen LogP) is 4.59. The molecule has 5 heteroatoms. The Morgan fingerprint density at radius 3 is 2.57 bits per heavy atom.